The normalized spacial score (nSPS) is 18.7. The van der Waals surface area contributed by atoms with E-state index in [9.17, 15) is 0 Å². The predicted molar refractivity (Wildman–Crippen MR) is 69.5 cm³/mol. The second kappa shape index (κ2) is 3.84. The van der Waals surface area contributed by atoms with Crippen LogP contribution in [0.2, 0.25) is 0 Å². The number of benzene rings is 1. The smallest absolute Gasteiger partial charge is 0.218 e. The number of anilines is 2. The number of hydrogen-bond donors (Lipinski definition) is 1. The van der Waals surface area contributed by atoms with Crippen molar-refractivity contribution in [2.45, 2.75) is 13.0 Å². The highest BCUT2D eigenvalue weighted by Crippen LogP contribution is 2.35. The lowest BCUT2D eigenvalue weighted by Gasteiger charge is -2.31. The van der Waals surface area contributed by atoms with Crippen molar-refractivity contribution in [3.8, 4) is 0 Å². The van der Waals surface area contributed by atoms with Gasteiger partial charge in [0.15, 0.2) is 0 Å². The minimum Gasteiger partial charge on any atom is -0.447 e. The van der Waals surface area contributed by atoms with Crippen molar-refractivity contribution in [3.05, 3.63) is 47.7 Å². The van der Waals surface area contributed by atoms with Crippen LogP contribution >= 0.6 is 0 Å². The molecule has 0 radical (unpaired) electrons. The SMILES string of the molecule is Cc1ccc(C2CN(C)c3occc3N2)cc1. The van der Waals surface area contributed by atoms with Gasteiger partial charge in [-0.25, -0.2) is 0 Å². The summed E-state index contributed by atoms with van der Waals surface area (Å²) < 4.78 is 5.43. The van der Waals surface area contributed by atoms with Crippen LogP contribution in [-0.2, 0) is 0 Å². The number of nitrogens with zero attached hydrogens (tertiary/aromatic N) is 1. The summed E-state index contributed by atoms with van der Waals surface area (Å²) in [6.45, 7) is 3.03. The lowest BCUT2D eigenvalue weighted by molar-refractivity contribution is 0.540. The Bertz CT molecular complexity index is 515. The summed E-state index contributed by atoms with van der Waals surface area (Å²) in [6.07, 6.45) is 1.73. The third-order valence-corrected chi connectivity index (χ3v) is 3.26. The molecule has 0 bridgehead atoms. The molecule has 2 heterocycles. The van der Waals surface area contributed by atoms with Gasteiger partial charge in [-0.3, -0.25) is 0 Å². The first-order valence-electron chi connectivity index (χ1n) is 5.86. The predicted octanol–water partition coefficient (Wildman–Crippen LogP) is 3.19. The van der Waals surface area contributed by atoms with Crippen molar-refractivity contribution >= 4 is 11.6 Å². The van der Waals surface area contributed by atoms with Gasteiger partial charge in [0.2, 0.25) is 5.88 Å². The number of rotatable bonds is 1. The molecule has 0 fully saturated rings. The molecule has 1 aromatic carbocycles. The minimum atomic E-state index is 0.325. The maximum absolute atomic E-state index is 5.43. The van der Waals surface area contributed by atoms with E-state index >= 15 is 0 Å². The van der Waals surface area contributed by atoms with Crippen LogP contribution in [0, 0.1) is 6.92 Å². The third-order valence-electron chi connectivity index (χ3n) is 3.26. The zero-order valence-corrected chi connectivity index (χ0v) is 10.1. The molecular weight excluding hydrogens is 212 g/mol. The number of likely N-dealkylation sites (N-methyl/N-ethyl adjacent to an activating group) is 1. The molecule has 0 aliphatic carbocycles. The number of nitrogens with one attached hydrogen (secondary N) is 1. The van der Waals surface area contributed by atoms with Gasteiger partial charge >= 0.3 is 0 Å². The number of hydrogen-bond acceptors (Lipinski definition) is 3. The molecule has 1 atom stereocenters. The van der Waals surface area contributed by atoms with E-state index in [0.29, 0.717) is 6.04 Å². The van der Waals surface area contributed by atoms with E-state index in [0.717, 1.165) is 18.1 Å². The monoisotopic (exact) mass is 228 g/mol. The molecule has 88 valence electrons. The Morgan fingerprint density at radius 1 is 1.24 bits per heavy atom. The fraction of sp³-hybridized carbons (Fsp3) is 0.286. The molecule has 0 amide bonds. The summed E-state index contributed by atoms with van der Waals surface area (Å²) in [5.41, 5.74) is 3.68. The van der Waals surface area contributed by atoms with E-state index in [1.807, 2.05) is 6.07 Å². The van der Waals surface area contributed by atoms with Crippen molar-refractivity contribution in [3.63, 3.8) is 0 Å². The van der Waals surface area contributed by atoms with Gasteiger partial charge < -0.3 is 14.6 Å². The average Bonchev–Trinajstić information content (AvgIpc) is 2.78. The average molecular weight is 228 g/mol. The van der Waals surface area contributed by atoms with Crippen LogP contribution in [0.1, 0.15) is 17.2 Å². The summed E-state index contributed by atoms with van der Waals surface area (Å²) in [5, 5.41) is 3.51. The zero-order chi connectivity index (χ0) is 11.8. The molecule has 3 rings (SSSR count). The van der Waals surface area contributed by atoms with Crippen molar-refractivity contribution in [1.82, 2.24) is 0 Å². The van der Waals surface area contributed by atoms with E-state index in [1.54, 1.807) is 6.26 Å². The van der Waals surface area contributed by atoms with Crippen molar-refractivity contribution < 1.29 is 4.42 Å². The lowest BCUT2D eigenvalue weighted by atomic mass is 10.0. The topological polar surface area (TPSA) is 28.4 Å². The standard InChI is InChI=1S/C14H16N2O/c1-10-3-5-11(6-4-10)13-9-16(2)14-12(15-13)7-8-17-14/h3-8,13,15H,9H2,1-2H3. The van der Waals surface area contributed by atoms with Crippen molar-refractivity contribution in [2.24, 2.45) is 0 Å². The van der Waals surface area contributed by atoms with E-state index in [1.165, 1.54) is 11.1 Å². The zero-order valence-electron chi connectivity index (χ0n) is 10.1. The number of aryl methyl sites for hydroxylation is 1. The van der Waals surface area contributed by atoms with Crippen LogP contribution in [0.15, 0.2) is 41.0 Å². The fourth-order valence-electron chi connectivity index (χ4n) is 2.28. The Labute approximate surface area is 101 Å². The Kier molecular flexibility index (Phi) is 2.32. The Balaban J connectivity index is 1.90. The molecule has 1 N–H and O–H groups in total. The summed E-state index contributed by atoms with van der Waals surface area (Å²) in [5.74, 6) is 0.924. The highest BCUT2D eigenvalue weighted by Gasteiger charge is 2.24. The van der Waals surface area contributed by atoms with Gasteiger partial charge in [-0.1, -0.05) is 29.8 Å². The molecule has 1 aliphatic rings. The molecule has 3 heteroatoms. The first kappa shape index (κ1) is 10.3. The van der Waals surface area contributed by atoms with Crippen LogP contribution in [0.5, 0.6) is 0 Å². The molecule has 17 heavy (non-hydrogen) atoms. The highest BCUT2D eigenvalue weighted by atomic mass is 16.3. The first-order valence-corrected chi connectivity index (χ1v) is 5.86. The second-order valence-electron chi connectivity index (χ2n) is 4.63. The van der Waals surface area contributed by atoms with Gasteiger partial charge in [-0.05, 0) is 12.5 Å². The molecule has 3 nitrogen and oxygen atoms in total. The molecule has 2 aromatic rings. The first-order chi connectivity index (χ1) is 8.24. The summed E-state index contributed by atoms with van der Waals surface area (Å²) >= 11 is 0. The quantitative estimate of drug-likeness (QED) is 0.812. The Hall–Kier alpha value is -1.90. The summed E-state index contributed by atoms with van der Waals surface area (Å²) in [7, 11) is 2.06. The third kappa shape index (κ3) is 1.78. The molecule has 1 unspecified atom stereocenters. The van der Waals surface area contributed by atoms with Gasteiger partial charge in [0.25, 0.3) is 0 Å². The van der Waals surface area contributed by atoms with Gasteiger partial charge in [0.05, 0.1) is 18.0 Å². The minimum absolute atomic E-state index is 0.325. The molecule has 0 spiro atoms. The van der Waals surface area contributed by atoms with Gasteiger partial charge in [0.1, 0.15) is 0 Å². The van der Waals surface area contributed by atoms with E-state index in [2.05, 4.69) is 48.5 Å². The van der Waals surface area contributed by atoms with E-state index in [4.69, 9.17) is 4.42 Å². The Morgan fingerprint density at radius 3 is 2.76 bits per heavy atom. The molecule has 0 saturated heterocycles. The van der Waals surface area contributed by atoms with Gasteiger partial charge in [-0.15, -0.1) is 0 Å². The van der Waals surface area contributed by atoms with Crippen LogP contribution in [-0.4, -0.2) is 13.6 Å². The largest absolute Gasteiger partial charge is 0.447 e. The van der Waals surface area contributed by atoms with Crippen LogP contribution < -0.4 is 10.2 Å². The van der Waals surface area contributed by atoms with E-state index in [-0.39, 0.29) is 0 Å². The van der Waals surface area contributed by atoms with Crippen LogP contribution in [0.3, 0.4) is 0 Å². The Morgan fingerprint density at radius 2 is 2.00 bits per heavy atom. The lowest BCUT2D eigenvalue weighted by Crippen LogP contribution is -2.32. The second-order valence-corrected chi connectivity index (χ2v) is 4.63. The van der Waals surface area contributed by atoms with E-state index < -0.39 is 0 Å². The summed E-state index contributed by atoms with van der Waals surface area (Å²) in [6, 6.07) is 11.0. The maximum atomic E-state index is 5.43. The van der Waals surface area contributed by atoms with Crippen molar-refractivity contribution in [1.29, 1.82) is 0 Å². The highest BCUT2D eigenvalue weighted by molar-refractivity contribution is 5.67. The number of furan rings is 1. The number of fused-ring (bicyclic) bond motifs is 1. The van der Waals surface area contributed by atoms with Crippen LogP contribution in [0.4, 0.5) is 11.6 Å². The van der Waals surface area contributed by atoms with Gasteiger partial charge in [0, 0.05) is 19.7 Å². The van der Waals surface area contributed by atoms with Crippen molar-refractivity contribution in [2.75, 3.05) is 23.8 Å². The van der Waals surface area contributed by atoms with Gasteiger partial charge in [-0.2, -0.15) is 0 Å². The van der Waals surface area contributed by atoms with Crippen LogP contribution in [0.25, 0.3) is 0 Å². The molecule has 0 saturated carbocycles. The molecular formula is C14H16N2O. The maximum Gasteiger partial charge on any atom is 0.218 e. The molecule has 1 aliphatic heterocycles. The fourth-order valence-corrected chi connectivity index (χ4v) is 2.28. The summed E-state index contributed by atoms with van der Waals surface area (Å²) in [4.78, 5) is 2.15. The molecule has 1 aromatic heterocycles.